The van der Waals surface area contributed by atoms with Gasteiger partial charge in [-0.15, -0.1) is 0 Å². The van der Waals surface area contributed by atoms with Crippen LogP contribution in [0.3, 0.4) is 0 Å². The van der Waals surface area contributed by atoms with Gasteiger partial charge in [0, 0.05) is 22.8 Å². The normalized spacial score (nSPS) is 10.3. The minimum absolute atomic E-state index is 0.404. The number of anilines is 1. The molecule has 0 radical (unpaired) electrons. The molecule has 0 heterocycles. The number of carbonyl (C=O) groups excluding carboxylic acids is 1. The van der Waals surface area contributed by atoms with Gasteiger partial charge in [0.05, 0.1) is 0 Å². The van der Waals surface area contributed by atoms with Crippen molar-refractivity contribution in [1.82, 2.24) is 0 Å². The first-order chi connectivity index (χ1) is 9.47. The zero-order valence-corrected chi connectivity index (χ0v) is 12.3. The maximum Gasteiger partial charge on any atom is 0.248 e. The molecule has 2 aromatic rings. The average molecular weight is 289 g/mol. The highest BCUT2D eigenvalue weighted by Gasteiger charge is 2.05. The van der Waals surface area contributed by atoms with E-state index in [0.29, 0.717) is 17.1 Å². The van der Waals surface area contributed by atoms with Crippen LogP contribution in [0, 0.1) is 13.8 Å². The number of amides is 1. The maximum absolute atomic E-state index is 11.1. The van der Waals surface area contributed by atoms with Gasteiger partial charge in [0.25, 0.3) is 0 Å². The second-order valence-corrected chi connectivity index (χ2v) is 5.25. The third kappa shape index (κ3) is 3.31. The van der Waals surface area contributed by atoms with Gasteiger partial charge >= 0.3 is 0 Å². The zero-order chi connectivity index (χ0) is 14.7. The quantitative estimate of drug-likeness (QED) is 0.902. The third-order valence-corrected chi connectivity index (χ3v) is 3.53. The van der Waals surface area contributed by atoms with Crippen LogP contribution < -0.4 is 11.1 Å². The van der Waals surface area contributed by atoms with E-state index in [4.69, 9.17) is 17.3 Å². The molecule has 1 amide bonds. The minimum atomic E-state index is -0.404. The van der Waals surface area contributed by atoms with Gasteiger partial charge in [0.1, 0.15) is 0 Å². The third-order valence-electron chi connectivity index (χ3n) is 3.30. The minimum Gasteiger partial charge on any atom is -0.381 e. The van der Waals surface area contributed by atoms with E-state index in [-0.39, 0.29) is 0 Å². The fraction of sp³-hybridized carbons (Fsp3) is 0.188. The highest BCUT2D eigenvalue weighted by Crippen LogP contribution is 2.21. The number of hydrogen-bond donors (Lipinski definition) is 2. The summed E-state index contributed by atoms with van der Waals surface area (Å²) in [5.74, 6) is -0.404. The lowest BCUT2D eigenvalue weighted by molar-refractivity contribution is 0.1000. The molecule has 0 aliphatic rings. The van der Waals surface area contributed by atoms with Crippen molar-refractivity contribution in [3.63, 3.8) is 0 Å². The Labute approximate surface area is 123 Å². The molecule has 0 spiro atoms. The average Bonchev–Trinajstić information content (AvgIpc) is 2.40. The van der Waals surface area contributed by atoms with Crippen LogP contribution in [0.4, 0.5) is 5.69 Å². The van der Waals surface area contributed by atoms with Crippen LogP contribution >= 0.6 is 11.6 Å². The summed E-state index contributed by atoms with van der Waals surface area (Å²) in [6.07, 6.45) is 0. The first kappa shape index (κ1) is 14.4. The molecule has 20 heavy (non-hydrogen) atoms. The topological polar surface area (TPSA) is 55.1 Å². The molecule has 0 unspecified atom stereocenters. The summed E-state index contributed by atoms with van der Waals surface area (Å²) in [7, 11) is 0. The van der Waals surface area contributed by atoms with Gasteiger partial charge in [-0.25, -0.2) is 0 Å². The molecule has 0 aliphatic heterocycles. The van der Waals surface area contributed by atoms with Gasteiger partial charge in [-0.05, 0) is 54.8 Å². The van der Waals surface area contributed by atoms with E-state index in [9.17, 15) is 4.79 Å². The molecule has 0 fully saturated rings. The Hall–Kier alpha value is -2.00. The summed E-state index contributed by atoms with van der Waals surface area (Å²) >= 11 is 5.99. The maximum atomic E-state index is 11.1. The van der Waals surface area contributed by atoms with Gasteiger partial charge < -0.3 is 11.1 Å². The van der Waals surface area contributed by atoms with Crippen LogP contribution in [-0.4, -0.2) is 5.91 Å². The summed E-state index contributed by atoms with van der Waals surface area (Å²) in [5, 5.41) is 4.07. The van der Waals surface area contributed by atoms with Gasteiger partial charge in [-0.3, -0.25) is 4.79 Å². The van der Waals surface area contributed by atoms with Crippen LogP contribution in [-0.2, 0) is 6.54 Å². The number of carbonyl (C=O) groups is 1. The largest absolute Gasteiger partial charge is 0.381 e. The van der Waals surface area contributed by atoms with Crippen LogP contribution in [0.2, 0.25) is 5.02 Å². The van der Waals surface area contributed by atoms with E-state index >= 15 is 0 Å². The van der Waals surface area contributed by atoms with Gasteiger partial charge in [-0.1, -0.05) is 23.7 Å². The van der Waals surface area contributed by atoms with Crippen molar-refractivity contribution >= 4 is 23.2 Å². The van der Waals surface area contributed by atoms with Crippen LogP contribution in [0.15, 0.2) is 36.4 Å². The van der Waals surface area contributed by atoms with E-state index < -0.39 is 5.91 Å². The Bertz CT molecular complexity index is 653. The number of nitrogens with one attached hydrogen (secondary N) is 1. The van der Waals surface area contributed by atoms with E-state index in [0.717, 1.165) is 22.4 Å². The molecule has 0 aromatic heterocycles. The standard InChI is InChI=1S/C16H17ClN2O/c1-10-3-6-14(17)8-15(10)19-9-13-5-4-12(16(18)20)7-11(13)2/h3-8,19H,9H2,1-2H3,(H2,18,20). The number of hydrogen-bond acceptors (Lipinski definition) is 2. The van der Waals surface area contributed by atoms with Crippen molar-refractivity contribution in [2.24, 2.45) is 5.73 Å². The fourth-order valence-corrected chi connectivity index (χ4v) is 2.19. The molecule has 104 valence electrons. The van der Waals surface area contributed by atoms with Crippen molar-refractivity contribution in [3.8, 4) is 0 Å². The SMILES string of the molecule is Cc1cc(C(N)=O)ccc1CNc1cc(Cl)ccc1C. The smallest absolute Gasteiger partial charge is 0.248 e. The Kier molecular flexibility index (Phi) is 4.30. The van der Waals surface area contributed by atoms with E-state index in [1.807, 2.05) is 44.2 Å². The number of primary amides is 1. The molecule has 0 saturated heterocycles. The summed E-state index contributed by atoms with van der Waals surface area (Å²) in [6, 6.07) is 11.2. The molecule has 2 rings (SSSR count). The summed E-state index contributed by atoms with van der Waals surface area (Å²) in [6.45, 7) is 4.67. The fourth-order valence-electron chi connectivity index (χ4n) is 2.02. The summed E-state index contributed by atoms with van der Waals surface area (Å²) in [5.41, 5.74) is 10.1. The summed E-state index contributed by atoms with van der Waals surface area (Å²) < 4.78 is 0. The van der Waals surface area contributed by atoms with Gasteiger partial charge in [0.2, 0.25) is 5.91 Å². The van der Waals surface area contributed by atoms with E-state index in [2.05, 4.69) is 5.32 Å². The molecule has 2 aromatic carbocycles. The second-order valence-electron chi connectivity index (χ2n) is 4.82. The molecule has 0 bridgehead atoms. The van der Waals surface area contributed by atoms with E-state index in [1.165, 1.54) is 0 Å². The molecule has 0 saturated carbocycles. The second kappa shape index (κ2) is 5.97. The molecular formula is C16H17ClN2O. The number of benzene rings is 2. The number of aryl methyl sites for hydroxylation is 2. The summed E-state index contributed by atoms with van der Waals surface area (Å²) in [4.78, 5) is 11.1. The Morgan fingerprint density at radius 1 is 1.15 bits per heavy atom. The first-order valence-electron chi connectivity index (χ1n) is 6.36. The molecular weight excluding hydrogens is 272 g/mol. The monoisotopic (exact) mass is 288 g/mol. The Morgan fingerprint density at radius 2 is 1.90 bits per heavy atom. The lowest BCUT2D eigenvalue weighted by atomic mass is 10.0. The lowest BCUT2D eigenvalue weighted by Gasteiger charge is -2.12. The number of nitrogens with two attached hydrogens (primary N) is 1. The van der Waals surface area contributed by atoms with Crippen molar-refractivity contribution in [2.75, 3.05) is 5.32 Å². The predicted molar refractivity (Wildman–Crippen MR) is 83.2 cm³/mol. The van der Waals surface area contributed by atoms with Crippen molar-refractivity contribution < 1.29 is 4.79 Å². The molecule has 3 nitrogen and oxygen atoms in total. The van der Waals surface area contributed by atoms with Crippen molar-refractivity contribution in [3.05, 3.63) is 63.7 Å². The van der Waals surface area contributed by atoms with Gasteiger partial charge in [-0.2, -0.15) is 0 Å². The van der Waals surface area contributed by atoms with Crippen molar-refractivity contribution in [1.29, 1.82) is 0 Å². The van der Waals surface area contributed by atoms with E-state index in [1.54, 1.807) is 6.07 Å². The van der Waals surface area contributed by atoms with Crippen molar-refractivity contribution in [2.45, 2.75) is 20.4 Å². The predicted octanol–water partition coefficient (Wildman–Crippen LogP) is 3.67. The highest BCUT2D eigenvalue weighted by molar-refractivity contribution is 6.30. The number of halogens is 1. The molecule has 0 aliphatic carbocycles. The lowest BCUT2D eigenvalue weighted by Crippen LogP contribution is -2.12. The highest BCUT2D eigenvalue weighted by atomic mass is 35.5. The first-order valence-corrected chi connectivity index (χ1v) is 6.74. The van der Waals surface area contributed by atoms with Crippen LogP contribution in [0.1, 0.15) is 27.0 Å². The number of rotatable bonds is 4. The van der Waals surface area contributed by atoms with Crippen LogP contribution in [0.25, 0.3) is 0 Å². The van der Waals surface area contributed by atoms with Crippen LogP contribution in [0.5, 0.6) is 0 Å². The Morgan fingerprint density at radius 3 is 2.55 bits per heavy atom. The molecule has 3 N–H and O–H groups in total. The molecule has 4 heteroatoms. The van der Waals surface area contributed by atoms with Gasteiger partial charge in [0.15, 0.2) is 0 Å². The molecule has 0 atom stereocenters. The Balaban J connectivity index is 2.15. The zero-order valence-electron chi connectivity index (χ0n) is 11.5.